The molecule has 0 radical (unpaired) electrons. The van der Waals surface area contributed by atoms with Gasteiger partial charge in [-0.15, -0.1) is 0 Å². The number of carbonyl (C=O) groups is 1. The highest BCUT2D eigenvalue weighted by Crippen LogP contribution is 2.17. The largest absolute Gasteiger partial charge is 0.453 e. The van der Waals surface area contributed by atoms with Gasteiger partial charge in [-0.2, -0.15) is 0 Å². The molecule has 0 fully saturated rings. The molecule has 0 aliphatic rings. The number of amides is 1. The number of carbonyl (C=O) groups excluding carboxylic acids is 1. The number of nitrogens with one attached hydrogen (secondary N) is 2. The van der Waals surface area contributed by atoms with Crippen molar-refractivity contribution >= 4 is 17.5 Å². The summed E-state index contributed by atoms with van der Waals surface area (Å²) in [4.78, 5) is 11.2. The van der Waals surface area contributed by atoms with Crippen LogP contribution in [0.15, 0.2) is 42.5 Å². The molecule has 0 aliphatic carbocycles. The van der Waals surface area contributed by atoms with E-state index in [-0.39, 0.29) is 0 Å². The summed E-state index contributed by atoms with van der Waals surface area (Å²) in [6.45, 7) is 4.94. The summed E-state index contributed by atoms with van der Waals surface area (Å²) >= 11 is 0. The summed E-state index contributed by atoms with van der Waals surface area (Å²) < 4.78 is 4.58. The first-order valence-corrected chi connectivity index (χ1v) is 6.83. The molecule has 4 heteroatoms. The molecular weight excluding hydrogens is 264 g/mol. The highest BCUT2D eigenvalue weighted by molar-refractivity contribution is 5.85. The molecule has 0 aliphatic heterocycles. The van der Waals surface area contributed by atoms with Gasteiger partial charge in [-0.1, -0.05) is 29.8 Å². The molecule has 0 bridgehead atoms. The second kappa shape index (κ2) is 6.79. The van der Waals surface area contributed by atoms with E-state index >= 15 is 0 Å². The maximum absolute atomic E-state index is 11.2. The Bertz CT molecular complexity index is 638. The van der Waals surface area contributed by atoms with E-state index in [2.05, 4.69) is 47.4 Å². The van der Waals surface area contributed by atoms with Crippen LogP contribution in [-0.4, -0.2) is 13.2 Å². The zero-order valence-corrected chi connectivity index (χ0v) is 12.6. The number of hydrogen-bond donors (Lipinski definition) is 2. The maximum Gasteiger partial charge on any atom is 0.411 e. The predicted octanol–water partition coefficient (Wildman–Crippen LogP) is 4.09. The summed E-state index contributed by atoms with van der Waals surface area (Å²) in [5.74, 6) is 0. The lowest BCUT2D eigenvalue weighted by Crippen LogP contribution is -2.11. The lowest BCUT2D eigenvalue weighted by atomic mass is 10.1. The van der Waals surface area contributed by atoms with Gasteiger partial charge in [-0.05, 0) is 43.2 Å². The fourth-order valence-corrected chi connectivity index (χ4v) is 2.12. The Hall–Kier alpha value is -2.49. The van der Waals surface area contributed by atoms with Gasteiger partial charge in [0.15, 0.2) is 0 Å². The van der Waals surface area contributed by atoms with E-state index in [0.29, 0.717) is 5.69 Å². The lowest BCUT2D eigenvalue weighted by Gasteiger charge is -2.11. The third-order valence-corrected chi connectivity index (χ3v) is 3.28. The molecule has 0 saturated heterocycles. The molecule has 2 N–H and O–H groups in total. The minimum atomic E-state index is -0.471. The van der Waals surface area contributed by atoms with E-state index < -0.39 is 6.09 Å². The van der Waals surface area contributed by atoms with Crippen molar-refractivity contribution in [2.45, 2.75) is 20.4 Å². The topological polar surface area (TPSA) is 50.4 Å². The minimum absolute atomic E-state index is 0.471. The van der Waals surface area contributed by atoms with Crippen LogP contribution >= 0.6 is 0 Å². The first kappa shape index (κ1) is 14.9. The van der Waals surface area contributed by atoms with Crippen LogP contribution in [0, 0.1) is 13.8 Å². The van der Waals surface area contributed by atoms with Gasteiger partial charge in [0, 0.05) is 17.9 Å². The summed E-state index contributed by atoms with van der Waals surface area (Å²) in [5.41, 5.74) is 5.44. The van der Waals surface area contributed by atoms with Crippen molar-refractivity contribution in [1.82, 2.24) is 0 Å². The molecule has 4 nitrogen and oxygen atoms in total. The molecule has 0 heterocycles. The average molecular weight is 284 g/mol. The zero-order chi connectivity index (χ0) is 15.2. The first-order chi connectivity index (χ1) is 10.1. The predicted molar refractivity (Wildman–Crippen MR) is 85.7 cm³/mol. The fraction of sp³-hybridized carbons (Fsp3) is 0.235. The molecule has 1 amide bonds. The van der Waals surface area contributed by atoms with Gasteiger partial charge in [-0.3, -0.25) is 5.32 Å². The van der Waals surface area contributed by atoms with Crippen LogP contribution in [-0.2, 0) is 11.3 Å². The van der Waals surface area contributed by atoms with Gasteiger partial charge in [0.2, 0.25) is 0 Å². The van der Waals surface area contributed by atoms with Gasteiger partial charge in [-0.25, -0.2) is 4.79 Å². The van der Waals surface area contributed by atoms with Gasteiger partial charge < -0.3 is 10.1 Å². The van der Waals surface area contributed by atoms with Gasteiger partial charge in [0.05, 0.1) is 7.11 Å². The second-order valence-corrected chi connectivity index (χ2v) is 4.98. The molecular formula is C17H20N2O2. The van der Waals surface area contributed by atoms with Crippen LogP contribution < -0.4 is 10.6 Å². The highest BCUT2D eigenvalue weighted by atomic mass is 16.5. The first-order valence-electron chi connectivity index (χ1n) is 6.83. The lowest BCUT2D eigenvalue weighted by molar-refractivity contribution is 0.187. The summed E-state index contributed by atoms with van der Waals surface area (Å²) in [5, 5.41) is 6.01. The Balaban J connectivity index is 2.03. The molecule has 0 aromatic heterocycles. The standard InChI is InChI=1S/C17H20N2O2/c1-12-7-8-14(13(2)9-12)11-18-15-5-4-6-16(10-15)19-17(20)21-3/h4-10,18H,11H2,1-3H3,(H,19,20). The smallest absolute Gasteiger partial charge is 0.411 e. The SMILES string of the molecule is COC(=O)Nc1cccc(NCc2ccc(C)cc2C)c1. The van der Waals surface area contributed by atoms with E-state index in [0.717, 1.165) is 12.2 Å². The van der Waals surface area contributed by atoms with Crippen LogP contribution in [0.4, 0.5) is 16.2 Å². The Morgan fingerprint density at radius 1 is 1.10 bits per heavy atom. The summed E-state index contributed by atoms with van der Waals surface area (Å²) in [6.07, 6.45) is -0.471. The van der Waals surface area contributed by atoms with E-state index in [4.69, 9.17) is 0 Å². The molecule has 110 valence electrons. The summed E-state index contributed by atoms with van der Waals surface area (Å²) in [6, 6.07) is 14.0. The number of anilines is 2. The van der Waals surface area contributed by atoms with Gasteiger partial charge in [0.25, 0.3) is 0 Å². The van der Waals surface area contributed by atoms with Crippen LogP contribution in [0.3, 0.4) is 0 Å². The Morgan fingerprint density at radius 3 is 2.57 bits per heavy atom. The molecule has 0 atom stereocenters. The minimum Gasteiger partial charge on any atom is -0.453 e. The highest BCUT2D eigenvalue weighted by Gasteiger charge is 2.02. The van der Waals surface area contributed by atoms with Crippen molar-refractivity contribution in [3.8, 4) is 0 Å². The zero-order valence-electron chi connectivity index (χ0n) is 12.6. The van der Waals surface area contributed by atoms with Gasteiger partial charge in [0.1, 0.15) is 0 Å². The van der Waals surface area contributed by atoms with Crippen molar-refractivity contribution in [2.24, 2.45) is 0 Å². The molecule has 2 aromatic rings. The number of ether oxygens (including phenoxy) is 1. The average Bonchev–Trinajstić information content (AvgIpc) is 2.46. The monoisotopic (exact) mass is 284 g/mol. The Morgan fingerprint density at radius 2 is 1.86 bits per heavy atom. The van der Waals surface area contributed by atoms with Crippen LogP contribution in [0.5, 0.6) is 0 Å². The number of benzene rings is 2. The number of rotatable bonds is 4. The van der Waals surface area contributed by atoms with E-state index in [1.807, 2.05) is 24.3 Å². The van der Waals surface area contributed by atoms with Crippen molar-refractivity contribution in [1.29, 1.82) is 0 Å². The molecule has 21 heavy (non-hydrogen) atoms. The number of methoxy groups -OCH3 is 1. The van der Waals surface area contributed by atoms with Crippen molar-refractivity contribution in [2.75, 3.05) is 17.7 Å². The summed E-state index contributed by atoms with van der Waals surface area (Å²) in [7, 11) is 1.34. The van der Waals surface area contributed by atoms with Crippen molar-refractivity contribution in [3.63, 3.8) is 0 Å². The van der Waals surface area contributed by atoms with E-state index in [9.17, 15) is 4.79 Å². The molecule has 0 saturated carbocycles. The quantitative estimate of drug-likeness (QED) is 0.889. The Labute approximate surface area is 125 Å². The normalized spacial score (nSPS) is 10.0. The van der Waals surface area contributed by atoms with Crippen molar-refractivity contribution < 1.29 is 9.53 Å². The number of aryl methyl sites for hydroxylation is 2. The Kier molecular flexibility index (Phi) is 4.82. The number of hydrogen-bond acceptors (Lipinski definition) is 3. The van der Waals surface area contributed by atoms with Crippen LogP contribution in [0.1, 0.15) is 16.7 Å². The van der Waals surface area contributed by atoms with E-state index in [1.165, 1.54) is 23.8 Å². The van der Waals surface area contributed by atoms with Crippen molar-refractivity contribution in [3.05, 3.63) is 59.2 Å². The third kappa shape index (κ3) is 4.24. The molecule has 2 aromatic carbocycles. The van der Waals surface area contributed by atoms with Gasteiger partial charge >= 0.3 is 6.09 Å². The molecule has 0 spiro atoms. The molecule has 2 rings (SSSR count). The van der Waals surface area contributed by atoms with E-state index in [1.54, 1.807) is 0 Å². The maximum atomic E-state index is 11.2. The fourth-order valence-electron chi connectivity index (χ4n) is 2.12. The van der Waals surface area contributed by atoms with Crippen LogP contribution in [0.2, 0.25) is 0 Å². The molecule has 0 unspecified atom stereocenters. The van der Waals surface area contributed by atoms with Crippen LogP contribution in [0.25, 0.3) is 0 Å². The third-order valence-electron chi connectivity index (χ3n) is 3.28. The second-order valence-electron chi connectivity index (χ2n) is 4.98.